The number of aromatic nitrogens is 1. The van der Waals surface area contributed by atoms with E-state index in [4.69, 9.17) is 4.74 Å². The molecule has 1 aliphatic heterocycles. The van der Waals surface area contributed by atoms with Crippen LogP contribution >= 0.6 is 0 Å². The van der Waals surface area contributed by atoms with E-state index in [0.717, 1.165) is 18.7 Å². The van der Waals surface area contributed by atoms with Crippen LogP contribution in [0, 0.1) is 0 Å². The predicted molar refractivity (Wildman–Crippen MR) is 92.8 cm³/mol. The molecule has 0 bridgehead atoms. The van der Waals surface area contributed by atoms with Crippen molar-refractivity contribution in [3.8, 4) is 0 Å². The van der Waals surface area contributed by atoms with Gasteiger partial charge in [0, 0.05) is 12.1 Å². The predicted octanol–water partition coefficient (Wildman–Crippen LogP) is 3.37. The van der Waals surface area contributed by atoms with Crippen LogP contribution in [0.5, 0.6) is 0 Å². The molecule has 1 aromatic heterocycles. The highest BCUT2D eigenvalue weighted by Crippen LogP contribution is 2.16. The number of pyridine rings is 1. The summed E-state index contributed by atoms with van der Waals surface area (Å²) in [6, 6.07) is 4.67. The molecule has 0 saturated carbocycles. The normalized spacial score (nSPS) is 19.2. The van der Waals surface area contributed by atoms with Gasteiger partial charge in [-0.1, -0.05) is 0 Å². The largest absolute Gasteiger partial charge is 0.444 e. The minimum absolute atomic E-state index is 0.372. The Kier molecular flexibility index (Phi) is 5.82. The number of amides is 1. The van der Waals surface area contributed by atoms with Crippen LogP contribution in [0.15, 0.2) is 18.3 Å². The maximum Gasteiger partial charge on any atom is 0.413 e. The molecule has 0 aliphatic carbocycles. The molecule has 3 N–H and O–H groups in total. The first-order chi connectivity index (χ1) is 10.8. The van der Waals surface area contributed by atoms with Crippen molar-refractivity contribution >= 4 is 17.6 Å². The zero-order valence-electron chi connectivity index (χ0n) is 14.5. The Labute approximate surface area is 138 Å². The molecule has 0 aromatic carbocycles. The van der Waals surface area contributed by atoms with Gasteiger partial charge in [0.2, 0.25) is 0 Å². The van der Waals surface area contributed by atoms with E-state index in [9.17, 15) is 4.79 Å². The summed E-state index contributed by atoms with van der Waals surface area (Å²) in [6.45, 7) is 8.78. The average molecular weight is 320 g/mol. The van der Waals surface area contributed by atoms with Crippen molar-refractivity contribution in [3.63, 3.8) is 0 Å². The van der Waals surface area contributed by atoms with E-state index in [-0.39, 0.29) is 0 Å². The molecule has 2 rings (SSSR count). The van der Waals surface area contributed by atoms with E-state index in [1.54, 1.807) is 12.3 Å². The molecule has 1 aliphatic rings. The van der Waals surface area contributed by atoms with Gasteiger partial charge < -0.3 is 15.4 Å². The Bertz CT molecular complexity index is 504. The maximum absolute atomic E-state index is 11.7. The third-order valence-electron chi connectivity index (χ3n) is 3.61. The highest BCUT2D eigenvalue weighted by atomic mass is 16.6. The van der Waals surface area contributed by atoms with Gasteiger partial charge in [-0.2, -0.15) is 0 Å². The van der Waals surface area contributed by atoms with E-state index in [2.05, 4.69) is 27.9 Å². The van der Waals surface area contributed by atoms with Gasteiger partial charge in [-0.3, -0.25) is 5.32 Å². The average Bonchev–Trinajstić information content (AvgIpc) is 2.91. The molecule has 1 fully saturated rings. The molecular weight excluding hydrogens is 292 g/mol. The van der Waals surface area contributed by atoms with Crippen LogP contribution in [0.25, 0.3) is 0 Å². The van der Waals surface area contributed by atoms with Crippen LogP contribution in [-0.2, 0) is 4.74 Å². The molecule has 6 heteroatoms. The first kappa shape index (κ1) is 17.5. The fourth-order valence-corrected chi connectivity index (χ4v) is 2.69. The van der Waals surface area contributed by atoms with Crippen LogP contribution in [0.4, 0.5) is 16.3 Å². The summed E-state index contributed by atoms with van der Waals surface area (Å²) in [6.07, 6.45) is 4.85. The minimum atomic E-state index is -0.519. The Balaban J connectivity index is 1.80. The minimum Gasteiger partial charge on any atom is -0.444 e. The zero-order chi connectivity index (χ0) is 16.9. The summed E-state index contributed by atoms with van der Waals surface area (Å²) >= 11 is 0. The monoisotopic (exact) mass is 320 g/mol. The van der Waals surface area contributed by atoms with Gasteiger partial charge in [-0.05, 0) is 65.6 Å². The van der Waals surface area contributed by atoms with E-state index in [0.29, 0.717) is 17.9 Å². The van der Waals surface area contributed by atoms with Gasteiger partial charge in [0.1, 0.15) is 11.4 Å². The number of anilines is 2. The number of rotatable bonds is 5. The first-order valence-electron chi connectivity index (χ1n) is 8.28. The Morgan fingerprint density at radius 2 is 2.26 bits per heavy atom. The topological polar surface area (TPSA) is 75.3 Å². The number of hydrogen-bond donors (Lipinski definition) is 3. The van der Waals surface area contributed by atoms with Crippen molar-refractivity contribution in [2.24, 2.45) is 0 Å². The molecule has 0 spiro atoms. The van der Waals surface area contributed by atoms with E-state index in [1.165, 1.54) is 12.8 Å². The molecule has 0 radical (unpaired) electrons. The lowest BCUT2D eigenvalue weighted by Crippen LogP contribution is -2.29. The number of carbonyl (C=O) groups excluding carboxylic acids is 1. The van der Waals surface area contributed by atoms with Gasteiger partial charge in [0.05, 0.1) is 11.9 Å². The van der Waals surface area contributed by atoms with E-state index in [1.807, 2.05) is 26.8 Å². The second kappa shape index (κ2) is 7.64. The lowest BCUT2D eigenvalue weighted by Gasteiger charge is -2.20. The SMILES string of the molecule is CC(CC1CCCN1)Nc1ccc(NC(=O)OC(C)(C)C)nc1. The fourth-order valence-electron chi connectivity index (χ4n) is 2.69. The molecule has 2 atom stereocenters. The van der Waals surface area contributed by atoms with E-state index >= 15 is 0 Å². The second-order valence-corrected chi connectivity index (χ2v) is 7.13. The van der Waals surface area contributed by atoms with Gasteiger partial charge >= 0.3 is 6.09 Å². The lowest BCUT2D eigenvalue weighted by atomic mass is 10.1. The molecular formula is C17H28N4O2. The lowest BCUT2D eigenvalue weighted by molar-refractivity contribution is 0.0635. The van der Waals surface area contributed by atoms with Crippen molar-refractivity contribution in [1.29, 1.82) is 0 Å². The molecule has 2 heterocycles. The number of ether oxygens (including phenoxy) is 1. The standard InChI is InChI=1S/C17H28N4O2/c1-12(10-13-6-5-9-18-13)20-14-7-8-15(19-11-14)21-16(22)23-17(2,3)4/h7-8,11-13,18,20H,5-6,9-10H2,1-4H3,(H,19,21,22). The third-order valence-corrected chi connectivity index (χ3v) is 3.61. The van der Waals surface area contributed by atoms with E-state index < -0.39 is 11.7 Å². The van der Waals surface area contributed by atoms with Crippen LogP contribution in [-0.4, -0.2) is 35.3 Å². The maximum atomic E-state index is 11.7. The number of hydrogen-bond acceptors (Lipinski definition) is 5. The van der Waals surface area contributed by atoms with Crippen LogP contribution < -0.4 is 16.0 Å². The fraction of sp³-hybridized carbons (Fsp3) is 0.647. The smallest absolute Gasteiger partial charge is 0.413 e. The van der Waals surface area contributed by atoms with Crippen molar-refractivity contribution in [2.45, 2.75) is 64.6 Å². The number of nitrogens with zero attached hydrogens (tertiary/aromatic N) is 1. The number of nitrogens with one attached hydrogen (secondary N) is 3. The molecule has 128 valence electrons. The zero-order valence-corrected chi connectivity index (χ0v) is 14.5. The Morgan fingerprint density at radius 1 is 1.48 bits per heavy atom. The summed E-state index contributed by atoms with van der Waals surface area (Å²) in [7, 11) is 0. The summed E-state index contributed by atoms with van der Waals surface area (Å²) in [5, 5.41) is 9.57. The molecule has 1 amide bonds. The first-order valence-corrected chi connectivity index (χ1v) is 8.28. The number of carbonyl (C=O) groups is 1. The molecule has 1 saturated heterocycles. The summed E-state index contributed by atoms with van der Waals surface area (Å²) < 4.78 is 5.20. The quantitative estimate of drug-likeness (QED) is 0.775. The van der Waals surface area contributed by atoms with Crippen LogP contribution in [0.1, 0.15) is 47.0 Å². The molecule has 23 heavy (non-hydrogen) atoms. The van der Waals surface area contributed by atoms with Gasteiger partial charge in [0.15, 0.2) is 0 Å². The molecule has 2 unspecified atom stereocenters. The van der Waals surface area contributed by atoms with Crippen LogP contribution in [0.3, 0.4) is 0 Å². The Hall–Kier alpha value is -1.82. The van der Waals surface area contributed by atoms with Crippen molar-refractivity contribution < 1.29 is 9.53 Å². The summed E-state index contributed by atoms with van der Waals surface area (Å²) in [4.78, 5) is 15.9. The molecule has 6 nitrogen and oxygen atoms in total. The van der Waals surface area contributed by atoms with Crippen molar-refractivity contribution in [3.05, 3.63) is 18.3 Å². The summed E-state index contributed by atoms with van der Waals surface area (Å²) in [5.41, 5.74) is 0.431. The Morgan fingerprint density at radius 3 is 2.83 bits per heavy atom. The van der Waals surface area contributed by atoms with Gasteiger partial charge in [0.25, 0.3) is 0 Å². The van der Waals surface area contributed by atoms with Crippen LogP contribution in [0.2, 0.25) is 0 Å². The molecule has 1 aromatic rings. The van der Waals surface area contributed by atoms with Crippen molar-refractivity contribution in [1.82, 2.24) is 10.3 Å². The highest BCUT2D eigenvalue weighted by Gasteiger charge is 2.18. The second-order valence-electron chi connectivity index (χ2n) is 7.13. The highest BCUT2D eigenvalue weighted by molar-refractivity contribution is 5.83. The van der Waals surface area contributed by atoms with Gasteiger partial charge in [-0.15, -0.1) is 0 Å². The van der Waals surface area contributed by atoms with Gasteiger partial charge in [-0.25, -0.2) is 9.78 Å². The third kappa shape index (κ3) is 6.44. The van der Waals surface area contributed by atoms with Crippen molar-refractivity contribution in [2.75, 3.05) is 17.2 Å². The summed E-state index contributed by atoms with van der Waals surface area (Å²) in [5.74, 6) is 0.481.